The third kappa shape index (κ3) is 4.56. The average Bonchev–Trinajstić information content (AvgIpc) is 3.20. The summed E-state index contributed by atoms with van der Waals surface area (Å²) >= 11 is 0. The molecule has 0 unspecified atom stereocenters. The molecule has 5 nitrogen and oxygen atoms in total. The maximum absolute atomic E-state index is 12.3. The Balaban J connectivity index is 2.04. The van der Waals surface area contributed by atoms with Crippen molar-refractivity contribution in [3.05, 3.63) is 29.8 Å². The van der Waals surface area contributed by atoms with Crippen LogP contribution in [-0.4, -0.2) is 46.5 Å². The number of benzene rings is 1. The molecular weight excluding hydrogens is 274 g/mol. The van der Waals surface area contributed by atoms with Crippen LogP contribution in [0.15, 0.2) is 29.2 Å². The van der Waals surface area contributed by atoms with Crippen molar-refractivity contribution in [2.24, 2.45) is 0 Å². The summed E-state index contributed by atoms with van der Waals surface area (Å²) in [4.78, 5) is 2.33. The number of likely N-dealkylation sites (N-methyl/N-ethyl adjacent to an activating group) is 1. The van der Waals surface area contributed by atoms with Gasteiger partial charge in [-0.25, -0.2) is 13.1 Å². The molecule has 0 aliphatic heterocycles. The maximum atomic E-state index is 12.3. The summed E-state index contributed by atoms with van der Waals surface area (Å²) in [6, 6.07) is 7.74. The van der Waals surface area contributed by atoms with E-state index in [4.69, 9.17) is 0 Å². The van der Waals surface area contributed by atoms with Gasteiger partial charge in [0, 0.05) is 25.7 Å². The van der Waals surface area contributed by atoms with Crippen LogP contribution in [0, 0.1) is 0 Å². The summed E-state index contributed by atoms with van der Waals surface area (Å²) in [6.45, 7) is 1.71. The van der Waals surface area contributed by atoms with E-state index < -0.39 is 10.0 Å². The lowest BCUT2D eigenvalue weighted by molar-refractivity contribution is 0.412. The van der Waals surface area contributed by atoms with Crippen LogP contribution in [0.1, 0.15) is 18.4 Å². The van der Waals surface area contributed by atoms with Crippen molar-refractivity contribution < 1.29 is 8.42 Å². The number of rotatable bonds is 8. The summed E-state index contributed by atoms with van der Waals surface area (Å²) in [5.41, 5.74) is 0.830. The first-order valence-corrected chi connectivity index (χ1v) is 8.43. The van der Waals surface area contributed by atoms with E-state index in [1.54, 1.807) is 12.1 Å². The maximum Gasteiger partial charge on any atom is 0.240 e. The molecule has 1 saturated carbocycles. The zero-order valence-electron chi connectivity index (χ0n) is 12.1. The third-order valence-electron chi connectivity index (χ3n) is 3.27. The van der Waals surface area contributed by atoms with E-state index in [2.05, 4.69) is 10.0 Å². The average molecular weight is 297 g/mol. The van der Waals surface area contributed by atoms with Crippen LogP contribution in [0.4, 0.5) is 0 Å². The first-order valence-electron chi connectivity index (χ1n) is 6.95. The molecule has 1 aromatic carbocycles. The Morgan fingerprint density at radius 1 is 1.25 bits per heavy atom. The molecule has 20 heavy (non-hydrogen) atoms. The monoisotopic (exact) mass is 297 g/mol. The molecule has 1 aromatic rings. The van der Waals surface area contributed by atoms with Crippen molar-refractivity contribution in [2.45, 2.75) is 30.3 Å². The predicted octanol–water partition coefficient (Wildman–Crippen LogP) is 0.779. The Kier molecular flexibility index (Phi) is 5.15. The highest BCUT2D eigenvalue weighted by Crippen LogP contribution is 2.21. The third-order valence-corrected chi connectivity index (χ3v) is 4.83. The summed E-state index contributed by atoms with van der Waals surface area (Å²) < 4.78 is 27.3. The molecule has 0 atom stereocenters. The van der Waals surface area contributed by atoms with Crippen LogP contribution in [0.3, 0.4) is 0 Å². The van der Waals surface area contributed by atoms with Crippen LogP contribution in [-0.2, 0) is 16.6 Å². The van der Waals surface area contributed by atoms with Crippen LogP contribution < -0.4 is 10.0 Å². The van der Waals surface area contributed by atoms with Gasteiger partial charge in [-0.2, -0.15) is 0 Å². The number of hydrogen-bond donors (Lipinski definition) is 2. The zero-order valence-corrected chi connectivity index (χ0v) is 12.9. The summed E-state index contributed by atoms with van der Waals surface area (Å²) in [5, 5.41) is 3.36. The SMILES string of the molecule is CN(C)CCNS(=O)(=O)c1ccccc1CNC1CC1. The second kappa shape index (κ2) is 6.67. The minimum atomic E-state index is -3.43. The highest BCUT2D eigenvalue weighted by atomic mass is 32.2. The summed E-state index contributed by atoms with van der Waals surface area (Å²) in [5.74, 6) is 0. The molecule has 0 amide bonds. The molecule has 0 heterocycles. The van der Waals surface area contributed by atoms with Gasteiger partial charge in [0.05, 0.1) is 4.90 Å². The van der Waals surface area contributed by atoms with E-state index in [9.17, 15) is 8.42 Å². The Hall–Kier alpha value is -0.950. The Morgan fingerprint density at radius 3 is 2.60 bits per heavy atom. The van der Waals surface area contributed by atoms with Gasteiger partial charge in [-0.3, -0.25) is 0 Å². The van der Waals surface area contributed by atoms with Crippen molar-refractivity contribution in [2.75, 3.05) is 27.2 Å². The van der Waals surface area contributed by atoms with E-state index in [0.717, 1.165) is 5.56 Å². The van der Waals surface area contributed by atoms with Crippen molar-refractivity contribution in [1.29, 1.82) is 0 Å². The van der Waals surface area contributed by atoms with Crippen molar-refractivity contribution >= 4 is 10.0 Å². The molecule has 1 aliphatic rings. The second-order valence-corrected chi connectivity index (χ2v) is 7.20. The number of nitrogens with zero attached hydrogens (tertiary/aromatic N) is 1. The molecule has 0 radical (unpaired) electrons. The molecule has 0 aromatic heterocycles. The predicted molar refractivity (Wildman–Crippen MR) is 80.0 cm³/mol. The number of sulfonamides is 1. The highest BCUT2D eigenvalue weighted by Gasteiger charge is 2.22. The molecule has 2 rings (SSSR count). The zero-order chi connectivity index (χ0) is 14.6. The van der Waals surface area contributed by atoms with Crippen molar-refractivity contribution in [3.8, 4) is 0 Å². The molecule has 112 valence electrons. The lowest BCUT2D eigenvalue weighted by Crippen LogP contribution is -2.32. The Bertz CT molecular complexity index is 539. The van der Waals surface area contributed by atoms with E-state index in [1.807, 2.05) is 31.1 Å². The molecule has 0 bridgehead atoms. The molecule has 1 aliphatic carbocycles. The normalized spacial score (nSPS) is 15.8. The number of hydrogen-bond acceptors (Lipinski definition) is 4. The Labute approximate surface area is 121 Å². The number of nitrogens with one attached hydrogen (secondary N) is 2. The fraction of sp³-hybridized carbons (Fsp3) is 0.571. The van der Waals surface area contributed by atoms with E-state index in [0.29, 0.717) is 30.6 Å². The molecular formula is C14H23N3O2S. The van der Waals surface area contributed by atoms with Gasteiger partial charge in [0.15, 0.2) is 0 Å². The van der Waals surface area contributed by atoms with Crippen LogP contribution in [0.25, 0.3) is 0 Å². The van der Waals surface area contributed by atoms with Gasteiger partial charge in [0.25, 0.3) is 0 Å². The molecule has 0 saturated heterocycles. The lowest BCUT2D eigenvalue weighted by atomic mass is 10.2. The van der Waals surface area contributed by atoms with E-state index >= 15 is 0 Å². The van der Waals surface area contributed by atoms with Gasteiger partial charge in [0.1, 0.15) is 0 Å². The largest absolute Gasteiger partial charge is 0.310 e. The quantitative estimate of drug-likeness (QED) is 0.744. The fourth-order valence-electron chi connectivity index (χ4n) is 1.94. The standard InChI is InChI=1S/C14H23N3O2S/c1-17(2)10-9-16-20(18,19)14-6-4-3-5-12(14)11-15-13-7-8-13/h3-6,13,15-16H,7-11H2,1-2H3. The van der Waals surface area contributed by atoms with E-state index in [-0.39, 0.29) is 0 Å². The van der Waals surface area contributed by atoms with Gasteiger partial charge in [-0.15, -0.1) is 0 Å². The summed E-state index contributed by atoms with van der Waals surface area (Å²) in [6.07, 6.45) is 2.38. The van der Waals surface area contributed by atoms with Gasteiger partial charge in [-0.1, -0.05) is 18.2 Å². The first-order chi connectivity index (χ1) is 9.49. The van der Waals surface area contributed by atoms with Gasteiger partial charge < -0.3 is 10.2 Å². The minimum Gasteiger partial charge on any atom is -0.310 e. The van der Waals surface area contributed by atoms with Crippen LogP contribution in [0.2, 0.25) is 0 Å². The van der Waals surface area contributed by atoms with Crippen LogP contribution >= 0.6 is 0 Å². The van der Waals surface area contributed by atoms with Crippen molar-refractivity contribution in [3.63, 3.8) is 0 Å². The Morgan fingerprint density at radius 2 is 1.95 bits per heavy atom. The highest BCUT2D eigenvalue weighted by molar-refractivity contribution is 7.89. The smallest absolute Gasteiger partial charge is 0.240 e. The molecule has 6 heteroatoms. The van der Waals surface area contributed by atoms with Crippen LogP contribution in [0.5, 0.6) is 0 Å². The minimum absolute atomic E-state index is 0.381. The van der Waals surface area contributed by atoms with Gasteiger partial charge >= 0.3 is 0 Å². The molecule has 0 spiro atoms. The summed E-state index contributed by atoms with van der Waals surface area (Å²) in [7, 11) is 0.406. The van der Waals surface area contributed by atoms with Gasteiger partial charge in [-0.05, 0) is 38.6 Å². The first kappa shape index (κ1) is 15.4. The van der Waals surface area contributed by atoms with E-state index in [1.165, 1.54) is 12.8 Å². The fourth-order valence-corrected chi connectivity index (χ4v) is 3.19. The topological polar surface area (TPSA) is 61.4 Å². The molecule has 1 fully saturated rings. The van der Waals surface area contributed by atoms with Gasteiger partial charge in [0.2, 0.25) is 10.0 Å². The lowest BCUT2D eigenvalue weighted by Gasteiger charge is -2.14. The second-order valence-electron chi connectivity index (χ2n) is 5.46. The van der Waals surface area contributed by atoms with Crippen molar-refractivity contribution in [1.82, 2.24) is 14.9 Å². The molecule has 2 N–H and O–H groups in total.